The van der Waals surface area contributed by atoms with Gasteiger partial charge in [-0.05, 0) is 18.1 Å². The van der Waals surface area contributed by atoms with Crippen LogP contribution in [0.4, 0.5) is 4.39 Å². The molecule has 2 rings (SSSR count). The minimum atomic E-state index is -0.324. The Morgan fingerprint density at radius 2 is 1.95 bits per heavy atom. The van der Waals surface area contributed by atoms with Crippen LogP contribution in [0.15, 0.2) is 24.3 Å². The molecule has 4 nitrogen and oxygen atoms in total. The molecule has 116 valence electrons. The molecule has 0 saturated carbocycles. The molecule has 1 N–H and O–H groups in total. The Bertz CT molecular complexity index is 473. The number of piperazine rings is 1. The Hall–Kier alpha value is -1.46. The first kappa shape index (κ1) is 15.9. The summed E-state index contributed by atoms with van der Waals surface area (Å²) in [7, 11) is 0. The number of hydrogen-bond donors (Lipinski definition) is 1. The standard InChI is InChI=1S/C16H23FN2O2/c1-2-14(20)12-18-7-9-19(10-8-18)16(21)11-13-5-3-4-6-15(13)17/h3-6,14,20H,2,7-12H2,1H3/t14-/m1/s1. The van der Waals surface area contributed by atoms with Crippen molar-refractivity contribution in [1.29, 1.82) is 0 Å². The van der Waals surface area contributed by atoms with E-state index in [1.807, 2.05) is 6.92 Å². The summed E-state index contributed by atoms with van der Waals surface area (Å²) in [5, 5.41) is 9.65. The lowest BCUT2D eigenvalue weighted by molar-refractivity contribution is -0.132. The molecule has 5 heteroatoms. The molecule has 0 aliphatic carbocycles. The molecule has 1 amide bonds. The van der Waals surface area contributed by atoms with Crippen LogP contribution in [0.1, 0.15) is 18.9 Å². The van der Waals surface area contributed by atoms with E-state index in [9.17, 15) is 14.3 Å². The Morgan fingerprint density at radius 3 is 2.57 bits per heavy atom. The quantitative estimate of drug-likeness (QED) is 0.890. The molecule has 1 aliphatic rings. The van der Waals surface area contributed by atoms with Crippen LogP contribution < -0.4 is 0 Å². The average molecular weight is 294 g/mol. The van der Waals surface area contributed by atoms with Crippen molar-refractivity contribution in [1.82, 2.24) is 9.80 Å². The fourth-order valence-corrected chi connectivity index (χ4v) is 2.52. The molecule has 1 aliphatic heterocycles. The number of aliphatic hydroxyl groups is 1. The first-order valence-electron chi connectivity index (χ1n) is 7.51. The van der Waals surface area contributed by atoms with Crippen LogP contribution in [0.5, 0.6) is 0 Å². The number of rotatable bonds is 5. The van der Waals surface area contributed by atoms with E-state index in [2.05, 4.69) is 4.90 Å². The van der Waals surface area contributed by atoms with Gasteiger partial charge in [-0.1, -0.05) is 25.1 Å². The normalized spacial score (nSPS) is 17.8. The van der Waals surface area contributed by atoms with Gasteiger partial charge in [0.15, 0.2) is 0 Å². The lowest BCUT2D eigenvalue weighted by Gasteiger charge is -2.35. The van der Waals surface area contributed by atoms with Crippen LogP contribution in [0.2, 0.25) is 0 Å². The van der Waals surface area contributed by atoms with E-state index in [-0.39, 0.29) is 24.2 Å². The molecule has 21 heavy (non-hydrogen) atoms. The molecule has 1 heterocycles. The molecular weight excluding hydrogens is 271 g/mol. The van der Waals surface area contributed by atoms with Crippen molar-refractivity contribution in [3.63, 3.8) is 0 Å². The number of nitrogens with zero attached hydrogens (tertiary/aromatic N) is 2. The number of carbonyl (C=O) groups is 1. The van der Waals surface area contributed by atoms with Gasteiger partial charge in [-0.2, -0.15) is 0 Å². The van der Waals surface area contributed by atoms with Crippen molar-refractivity contribution in [3.8, 4) is 0 Å². The van der Waals surface area contributed by atoms with Crippen molar-refractivity contribution >= 4 is 5.91 Å². The van der Waals surface area contributed by atoms with Gasteiger partial charge in [0, 0.05) is 32.7 Å². The molecular formula is C16H23FN2O2. The highest BCUT2D eigenvalue weighted by molar-refractivity contribution is 5.78. The summed E-state index contributed by atoms with van der Waals surface area (Å²) in [6.07, 6.45) is 0.558. The number of β-amino-alcohol motifs (C(OH)–C–C–N with tert-alkyl or cyclic N) is 1. The zero-order valence-electron chi connectivity index (χ0n) is 12.5. The maximum Gasteiger partial charge on any atom is 0.227 e. The Balaban J connectivity index is 1.82. The maximum absolute atomic E-state index is 13.6. The summed E-state index contributed by atoms with van der Waals surface area (Å²) in [5.41, 5.74) is 0.450. The lowest BCUT2D eigenvalue weighted by atomic mass is 10.1. The fourth-order valence-electron chi connectivity index (χ4n) is 2.52. The van der Waals surface area contributed by atoms with Crippen LogP contribution in [0, 0.1) is 5.82 Å². The van der Waals surface area contributed by atoms with Gasteiger partial charge in [0.1, 0.15) is 5.82 Å². The predicted molar refractivity (Wildman–Crippen MR) is 79.4 cm³/mol. The monoisotopic (exact) mass is 294 g/mol. The van der Waals surface area contributed by atoms with Gasteiger partial charge in [0.25, 0.3) is 0 Å². The summed E-state index contributed by atoms with van der Waals surface area (Å²) in [6.45, 7) is 5.43. The number of aliphatic hydroxyl groups excluding tert-OH is 1. The number of carbonyl (C=O) groups excluding carboxylic acids is 1. The highest BCUT2D eigenvalue weighted by atomic mass is 19.1. The van der Waals surface area contributed by atoms with Crippen LogP contribution >= 0.6 is 0 Å². The Kier molecular flexibility index (Phi) is 5.70. The van der Waals surface area contributed by atoms with Gasteiger partial charge in [-0.25, -0.2) is 4.39 Å². The highest BCUT2D eigenvalue weighted by Crippen LogP contribution is 2.11. The van der Waals surface area contributed by atoms with E-state index in [0.717, 1.165) is 19.5 Å². The molecule has 0 aromatic heterocycles. The molecule has 0 unspecified atom stereocenters. The van der Waals surface area contributed by atoms with Crippen molar-refractivity contribution < 1.29 is 14.3 Å². The second-order valence-electron chi connectivity index (χ2n) is 5.51. The molecule has 0 radical (unpaired) electrons. The molecule has 0 spiro atoms. The topological polar surface area (TPSA) is 43.8 Å². The summed E-state index contributed by atoms with van der Waals surface area (Å²) in [6, 6.07) is 6.41. The van der Waals surface area contributed by atoms with E-state index in [4.69, 9.17) is 0 Å². The van der Waals surface area contributed by atoms with Gasteiger partial charge in [0.05, 0.1) is 12.5 Å². The second kappa shape index (κ2) is 7.52. The predicted octanol–water partition coefficient (Wildman–Crippen LogP) is 1.28. The molecule has 0 bridgehead atoms. The van der Waals surface area contributed by atoms with Crippen LogP contribution in [0.25, 0.3) is 0 Å². The fraction of sp³-hybridized carbons (Fsp3) is 0.562. The van der Waals surface area contributed by atoms with E-state index < -0.39 is 0 Å². The third-order valence-corrected chi connectivity index (χ3v) is 3.96. The van der Waals surface area contributed by atoms with Gasteiger partial charge in [0.2, 0.25) is 5.91 Å². The largest absolute Gasteiger partial charge is 0.392 e. The number of benzene rings is 1. The molecule has 1 atom stereocenters. The number of halogens is 1. The van der Waals surface area contributed by atoms with E-state index in [1.54, 1.807) is 23.1 Å². The number of amides is 1. The van der Waals surface area contributed by atoms with Crippen molar-refractivity contribution in [3.05, 3.63) is 35.6 Å². The summed E-state index contributed by atoms with van der Waals surface area (Å²) in [5.74, 6) is -0.355. The highest BCUT2D eigenvalue weighted by Gasteiger charge is 2.22. The summed E-state index contributed by atoms with van der Waals surface area (Å²) in [4.78, 5) is 16.1. The van der Waals surface area contributed by atoms with Crippen molar-refractivity contribution in [2.75, 3.05) is 32.7 Å². The van der Waals surface area contributed by atoms with E-state index in [1.165, 1.54) is 6.07 Å². The SMILES string of the molecule is CC[C@@H](O)CN1CCN(C(=O)Cc2ccccc2F)CC1. The molecule has 1 aromatic rings. The average Bonchev–Trinajstić information content (AvgIpc) is 2.50. The minimum Gasteiger partial charge on any atom is -0.392 e. The number of hydrogen-bond acceptors (Lipinski definition) is 3. The maximum atomic E-state index is 13.6. The van der Waals surface area contributed by atoms with Crippen LogP contribution in [-0.4, -0.2) is 59.6 Å². The third kappa shape index (κ3) is 4.51. The van der Waals surface area contributed by atoms with Gasteiger partial charge < -0.3 is 10.0 Å². The third-order valence-electron chi connectivity index (χ3n) is 3.96. The second-order valence-corrected chi connectivity index (χ2v) is 5.51. The first-order valence-corrected chi connectivity index (χ1v) is 7.51. The zero-order chi connectivity index (χ0) is 15.2. The molecule has 1 saturated heterocycles. The Morgan fingerprint density at radius 1 is 1.29 bits per heavy atom. The van der Waals surface area contributed by atoms with E-state index >= 15 is 0 Å². The van der Waals surface area contributed by atoms with Crippen molar-refractivity contribution in [2.45, 2.75) is 25.9 Å². The minimum absolute atomic E-state index is 0.0317. The smallest absolute Gasteiger partial charge is 0.227 e. The zero-order valence-corrected chi connectivity index (χ0v) is 12.5. The van der Waals surface area contributed by atoms with Gasteiger partial charge in [-0.3, -0.25) is 9.69 Å². The Labute approximate surface area is 125 Å². The first-order chi connectivity index (χ1) is 10.1. The summed E-state index contributed by atoms with van der Waals surface area (Å²) < 4.78 is 13.6. The van der Waals surface area contributed by atoms with E-state index in [0.29, 0.717) is 25.2 Å². The van der Waals surface area contributed by atoms with Crippen molar-refractivity contribution in [2.24, 2.45) is 0 Å². The van der Waals surface area contributed by atoms with Crippen LogP contribution in [-0.2, 0) is 11.2 Å². The van der Waals surface area contributed by atoms with Crippen LogP contribution in [0.3, 0.4) is 0 Å². The molecule has 1 aromatic carbocycles. The molecule has 1 fully saturated rings. The lowest BCUT2D eigenvalue weighted by Crippen LogP contribution is -2.50. The summed E-state index contributed by atoms with van der Waals surface area (Å²) >= 11 is 0. The van der Waals surface area contributed by atoms with Gasteiger partial charge in [-0.15, -0.1) is 0 Å². The van der Waals surface area contributed by atoms with Gasteiger partial charge >= 0.3 is 0 Å².